The summed E-state index contributed by atoms with van der Waals surface area (Å²) in [4.78, 5) is 16.1. The maximum absolute atomic E-state index is 6.27. The lowest BCUT2D eigenvalue weighted by Gasteiger charge is -2.09. The molecule has 8 heteroatoms. The minimum Gasteiger partial charge on any atom is -0.368 e. The van der Waals surface area contributed by atoms with Crippen molar-refractivity contribution in [3.05, 3.63) is 41.6 Å². The quantitative estimate of drug-likeness (QED) is 0.687. The van der Waals surface area contributed by atoms with E-state index in [2.05, 4.69) is 25.2 Å². The second-order valence-corrected chi connectivity index (χ2v) is 7.17. The summed E-state index contributed by atoms with van der Waals surface area (Å²) in [5.41, 5.74) is 8.16. The molecule has 25 heavy (non-hydrogen) atoms. The molecule has 2 heterocycles. The summed E-state index contributed by atoms with van der Waals surface area (Å²) in [6.07, 6.45) is 1.79. The highest BCUT2D eigenvalue weighted by molar-refractivity contribution is 7.18. The van der Waals surface area contributed by atoms with E-state index < -0.39 is 0 Å². The topological polar surface area (TPSA) is 80.0 Å². The van der Waals surface area contributed by atoms with E-state index in [9.17, 15) is 0 Å². The van der Waals surface area contributed by atoms with Gasteiger partial charge in [0, 0.05) is 29.9 Å². The first-order valence-electron chi connectivity index (χ1n) is 7.77. The van der Waals surface area contributed by atoms with Crippen LogP contribution in [0, 0.1) is 0 Å². The number of nitrogen functional groups attached to an aromatic ring is 1. The van der Waals surface area contributed by atoms with Gasteiger partial charge < -0.3 is 16.0 Å². The molecule has 0 saturated carbocycles. The zero-order chi connectivity index (χ0) is 17.8. The fourth-order valence-corrected chi connectivity index (χ4v) is 3.29. The third-order valence-electron chi connectivity index (χ3n) is 3.49. The van der Waals surface area contributed by atoms with Crippen molar-refractivity contribution in [2.24, 2.45) is 0 Å². The standard InChI is InChI=1S/C17H19ClN6S/c1-24(2)8-7-20-17-21-10-15(25-17)14-9-13(22-16(19)23-14)11-5-3-4-6-12(11)18/h3-6,9-10H,7-8H2,1-2H3,(H,20,21)(H2,19,22,23). The van der Waals surface area contributed by atoms with Crippen LogP contribution < -0.4 is 11.1 Å². The van der Waals surface area contributed by atoms with E-state index in [0.717, 1.165) is 34.4 Å². The molecule has 0 saturated heterocycles. The highest BCUT2D eigenvalue weighted by Gasteiger charge is 2.12. The van der Waals surface area contributed by atoms with Gasteiger partial charge in [-0.2, -0.15) is 0 Å². The molecule has 0 aliphatic rings. The maximum Gasteiger partial charge on any atom is 0.221 e. The number of hydrogen-bond acceptors (Lipinski definition) is 7. The van der Waals surface area contributed by atoms with Crippen molar-refractivity contribution in [2.45, 2.75) is 0 Å². The van der Waals surface area contributed by atoms with Crippen LogP contribution in [0.3, 0.4) is 0 Å². The summed E-state index contributed by atoms with van der Waals surface area (Å²) in [7, 11) is 4.07. The van der Waals surface area contributed by atoms with Gasteiger partial charge in [0.15, 0.2) is 5.13 Å². The number of hydrogen-bond donors (Lipinski definition) is 2. The van der Waals surface area contributed by atoms with Crippen molar-refractivity contribution in [1.29, 1.82) is 0 Å². The summed E-state index contributed by atoms with van der Waals surface area (Å²) in [6.45, 7) is 1.77. The van der Waals surface area contributed by atoms with Crippen molar-refractivity contribution >= 4 is 34.0 Å². The van der Waals surface area contributed by atoms with Gasteiger partial charge in [0.1, 0.15) is 0 Å². The number of likely N-dealkylation sites (N-methyl/N-ethyl adjacent to an activating group) is 1. The fraction of sp³-hybridized carbons (Fsp3) is 0.235. The molecule has 0 spiro atoms. The van der Waals surface area contributed by atoms with E-state index in [1.54, 1.807) is 6.20 Å². The SMILES string of the molecule is CN(C)CCNc1ncc(-c2cc(-c3ccccc3Cl)nc(N)n2)s1. The zero-order valence-electron chi connectivity index (χ0n) is 14.0. The number of halogens is 1. The molecule has 0 radical (unpaired) electrons. The molecule has 3 rings (SSSR count). The molecular formula is C17H19ClN6S. The van der Waals surface area contributed by atoms with E-state index in [0.29, 0.717) is 10.7 Å². The summed E-state index contributed by atoms with van der Waals surface area (Å²) in [5.74, 6) is 0.211. The lowest BCUT2D eigenvalue weighted by Crippen LogP contribution is -2.20. The Balaban J connectivity index is 1.86. The lowest BCUT2D eigenvalue weighted by molar-refractivity contribution is 0.425. The number of aromatic nitrogens is 3. The van der Waals surface area contributed by atoms with Crippen LogP contribution in [0.4, 0.5) is 11.1 Å². The first-order valence-corrected chi connectivity index (χ1v) is 8.96. The molecule has 3 aromatic rings. The monoisotopic (exact) mass is 374 g/mol. The summed E-state index contributed by atoms with van der Waals surface area (Å²) in [6, 6.07) is 9.42. The number of nitrogens with one attached hydrogen (secondary N) is 1. The third-order valence-corrected chi connectivity index (χ3v) is 4.79. The molecule has 0 bridgehead atoms. The highest BCUT2D eigenvalue weighted by atomic mass is 35.5. The second-order valence-electron chi connectivity index (χ2n) is 5.74. The summed E-state index contributed by atoms with van der Waals surface area (Å²) >= 11 is 7.81. The Morgan fingerprint density at radius 2 is 1.96 bits per heavy atom. The molecule has 6 nitrogen and oxygen atoms in total. The normalized spacial score (nSPS) is 11.0. The Kier molecular flexibility index (Phi) is 5.47. The molecular weight excluding hydrogens is 356 g/mol. The highest BCUT2D eigenvalue weighted by Crippen LogP contribution is 2.32. The first-order chi connectivity index (χ1) is 12.0. The predicted octanol–water partition coefficient (Wildman–Crippen LogP) is 3.48. The van der Waals surface area contributed by atoms with Gasteiger partial charge >= 0.3 is 0 Å². The molecule has 0 atom stereocenters. The Morgan fingerprint density at radius 3 is 2.72 bits per heavy atom. The van der Waals surface area contributed by atoms with Crippen molar-refractivity contribution in [3.63, 3.8) is 0 Å². The van der Waals surface area contributed by atoms with Crippen molar-refractivity contribution in [2.75, 3.05) is 38.2 Å². The van der Waals surface area contributed by atoms with Crippen molar-refractivity contribution < 1.29 is 0 Å². The van der Waals surface area contributed by atoms with Crippen LogP contribution in [-0.4, -0.2) is 47.0 Å². The molecule has 130 valence electrons. The average molecular weight is 375 g/mol. The number of benzene rings is 1. The molecule has 0 fully saturated rings. The van der Waals surface area contributed by atoms with E-state index >= 15 is 0 Å². The molecule has 0 amide bonds. The van der Waals surface area contributed by atoms with Crippen LogP contribution in [0.25, 0.3) is 21.8 Å². The van der Waals surface area contributed by atoms with Crippen LogP contribution >= 0.6 is 22.9 Å². The molecule has 0 aliphatic heterocycles. The van der Waals surface area contributed by atoms with Crippen molar-refractivity contribution in [3.8, 4) is 21.8 Å². The zero-order valence-corrected chi connectivity index (χ0v) is 15.6. The van der Waals surface area contributed by atoms with E-state index in [1.807, 2.05) is 44.4 Å². The van der Waals surface area contributed by atoms with Gasteiger partial charge in [0.05, 0.1) is 16.3 Å². The van der Waals surface area contributed by atoms with Crippen LogP contribution in [0.15, 0.2) is 36.5 Å². The number of nitrogens with zero attached hydrogens (tertiary/aromatic N) is 4. The average Bonchev–Trinajstić information content (AvgIpc) is 3.03. The van der Waals surface area contributed by atoms with E-state index in [-0.39, 0.29) is 5.95 Å². The maximum atomic E-state index is 6.27. The minimum absolute atomic E-state index is 0.211. The second kappa shape index (κ2) is 7.77. The Bertz CT molecular complexity index is 864. The van der Waals surface area contributed by atoms with Crippen LogP contribution in [-0.2, 0) is 0 Å². The van der Waals surface area contributed by atoms with Gasteiger partial charge in [-0.05, 0) is 26.2 Å². The fourth-order valence-electron chi connectivity index (χ4n) is 2.26. The van der Waals surface area contributed by atoms with E-state index in [1.165, 1.54) is 11.3 Å². The number of nitrogens with two attached hydrogens (primary N) is 1. The summed E-state index contributed by atoms with van der Waals surface area (Å²) < 4.78 is 0. The molecule has 0 unspecified atom stereocenters. The Morgan fingerprint density at radius 1 is 1.20 bits per heavy atom. The van der Waals surface area contributed by atoms with Gasteiger partial charge in [0.25, 0.3) is 0 Å². The van der Waals surface area contributed by atoms with Crippen LogP contribution in [0.5, 0.6) is 0 Å². The predicted molar refractivity (Wildman–Crippen MR) is 105 cm³/mol. The molecule has 2 aromatic heterocycles. The van der Waals surface area contributed by atoms with Crippen molar-refractivity contribution in [1.82, 2.24) is 19.9 Å². The largest absolute Gasteiger partial charge is 0.368 e. The van der Waals surface area contributed by atoms with Crippen LogP contribution in [0.1, 0.15) is 0 Å². The van der Waals surface area contributed by atoms with E-state index in [4.69, 9.17) is 17.3 Å². The van der Waals surface area contributed by atoms with Crippen LogP contribution in [0.2, 0.25) is 5.02 Å². The van der Waals surface area contributed by atoms with Gasteiger partial charge in [-0.3, -0.25) is 0 Å². The van der Waals surface area contributed by atoms with Gasteiger partial charge in [-0.25, -0.2) is 15.0 Å². The lowest BCUT2D eigenvalue weighted by atomic mass is 10.1. The molecule has 1 aromatic carbocycles. The third kappa shape index (κ3) is 4.45. The van der Waals surface area contributed by atoms with Gasteiger partial charge in [-0.15, -0.1) is 0 Å². The van der Waals surface area contributed by atoms with Gasteiger partial charge in [-0.1, -0.05) is 41.1 Å². The number of thiazole rings is 1. The molecule has 3 N–H and O–H groups in total. The minimum atomic E-state index is 0.211. The Hall–Kier alpha value is -2.22. The number of rotatable bonds is 6. The first kappa shape index (κ1) is 17.6. The Labute approximate surface area is 155 Å². The number of anilines is 2. The smallest absolute Gasteiger partial charge is 0.221 e. The molecule has 0 aliphatic carbocycles. The van der Waals surface area contributed by atoms with Gasteiger partial charge in [0.2, 0.25) is 5.95 Å². The summed E-state index contributed by atoms with van der Waals surface area (Å²) in [5, 5.41) is 4.79.